The quantitative estimate of drug-likeness (QED) is 0.324. The van der Waals surface area contributed by atoms with Gasteiger partial charge in [0, 0.05) is 10.0 Å². The SMILES string of the molecule is COc1ccc(-c2nc3cc(C(C)C)ccc3o2)cc1NC(=O)c1cc(Br)ccc1OC. The van der Waals surface area contributed by atoms with Crippen LogP contribution < -0.4 is 14.8 Å². The van der Waals surface area contributed by atoms with E-state index in [1.54, 1.807) is 31.4 Å². The first-order valence-electron chi connectivity index (χ1n) is 10.1. The summed E-state index contributed by atoms with van der Waals surface area (Å²) in [5.74, 6) is 1.55. The van der Waals surface area contributed by atoms with E-state index in [1.807, 2.05) is 30.3 Å². The van der Waals surface area contributed by atoms with Crippen LogP contribution in [0.25, 0.3) is 22.6 Å². The van der Waals surface area contributed by atoms with Crippen LogP contribution in [0.15, 0.2) is 63.5 Å². The van der Waals surface area contributed by atoms with Crippen LogP contribution in [0.5, 0.6) is 11.5 Å². The number of carbonyl (C=O) groups is 1. The van der Waals surface area contributed by atoms with Crippen LogP contribution in [0.1, 0.15) is 35.7 Å². The van der Waals surface area contributed by atoms with Crippen LogP contribution in [-0.2, 0) is 0 Å². The molecule has 0 atom stereocenters. The molecule has 7 heteroatoms. The number of hydrogen-bond acceptors (Lipinski definition) is 5. The van der Waals surface area contributed by atoms with Crippen LogP contribution in [0, 0.1) is 0 Å². The molecule has 0 aliphatic rings. The fourth-order valence-electron chi connectivity index (χ4n) is 3.41. The Labute approximate surface area is 194 Å². The highest BCUT2D eigenvalue weighted by molar-refractivity contribution is 9.10. The number of nitrogens with zero attached hydrogens (tertiary/aromatic N) is 1. The van der Waals surface area contributed by atoms with Gasteiger partial charge in [0.15, 0.2) is 5.58 Å². The molecular formula is C25H23BrN2O4. The van der Waals surface area contributed by atoms with Gasteiger partial charge >= 0.3 is 0 Å². The molecule has 0 aliphatic heterocycles. The second-order valence-corrected chi connectivity index (χ2v) is 8.53. The summed E-state index contributed by atoms with van der Waals surface area (Å²) in [5.41, 5.74) is 4.34. The lowest BCUT2D eigenvalue weighted by Gasteiger charge is -2.13. The maximum atomic E-state index is 13.0. The average molecular weight is 495 g/mol. The number of carbonyl (C=O) groups excluding carboxylic acids is 1. The number of methoxy groups -OCH3 is 2. The third-order valence-electron chi connectivity index (χ3n) is 5.18. The van der Waals surface area contributed by atoms with Crippen LogP contribution in [0.2, 0.25) is 0 Å². The Bertz CT molecular complexity index is 1300. The molecule has 0 spiro atoms. The van der Waals surface area contributed by atoms with Crippen molar-refractivity contribution in [2.45, 2.75) is 19.8 Å². The second-order valence-electron chi connectivity index (χ2n) is 7.61. The summed E-state index contributed by atoms with van der Waals surface area (Å²) in [6, 6.07) is 16.7. The monoisotopic (exact) mass is 494 g/mol. The number of hydrogen-bond donors (Lipinski definition) is 1. The smallest absolute Gasteiger partial charge is 0.259 e. The summed E-state index contributed by atoms with van der Waals surface area (Å²) in [4.78, 5) is 17.7. The summed E-state index contributed by atoms with van der Waals surface area (Å²) in [7, 11) is 3.08. The van der Waals surface area contributed by atoms with Gasteiger partial charge in [-0.3, -0.25) is 4.79 Å². The van der Waals surface area contributed by atoms with Crippen molar-refractivity contribution in [2.24, 2.45) is 0 Å². The summed E-state index contributed by atoms with van der Waals surface area (Å²) in [6.45, 7) is 4.28. The van der Waals surface area contributed by atoms with Crippen LogP contribution >= 0.6 is 15.9 Å². The predicted octanol–water partition coefficient (Wildman–Crippen LogP) is 6.65. The largest absolute Gasteiger partial charge is 0.496 e. The Morgan fingerprint density at radius 2 is 1.75 bits per heavy atom. The van der Waals surface area contributed by atoms with E-state index in [-0.39, 0.29) is 5.91 Å². The van der Waals surface area contributed by atoms with Gasteiger partial charge in [0.2, 0.25) is 5.89 Å². The minimum Gasteiger partial charge on any atom is -0.496 e. The van der Waals surface area contributed by atoms with E-state index in [9.17, 15) is 4.79 Å². The molecular weight excluding hydrogens is 472 g/mol. The third kappa shape index (κ3) is 4.34. The Balaban J connectivity index is 1.70. The van der Waals surface area contributed by atoms with Gasteiger partial charge in [-0.05, 0) is 60.0 Å². The van der Waals surface area contributed by atoms with E-state index < -0.39 is 0 Å². The van der Waals surface area contributed by atoms with Crippen molar-refractivity contribution in [2.75, 3.05) is 19.5 Å². The normalized spacial score (nSPS) is 11.1. The van der Waals surface area contributed by atoms with Gasteiger partial charge < -0.3 is 19.2 Å². The number of ether oxygens (including phenoxy) is 2. The Morgan fingerprint density at radius 1 is 1.00 bits per heavy atom. The minimum atomic E-state index is -0.322. The van der Waals surface area contributed by atoms with Crippen LogP contribution in [-0.4, -0.2) is 25.1 Å². The lowest BCUT2D eigenvalue weighted by atomic mass is 10.0. The second kappa shape index (κ2) is 9.04. The average Bonchev–Trinajstić information content (AvgIpc) is 3.22. The molecule has 1 amide bonds. The number of fused-ring (bicyclic) bond motifs is 1. The van der Waals surface area contributed by atoms with Gasteiger partial charge in [-0.1, -0.05) is 35.8 Å². The number of aromatic nitrogens is 1. The molecule has 0 unspecified atom stereocenters. The lowest BCUT2D eigenvalue weighted by molar-refractivity contribution is 0.102. The van der Waals surface area contributed by atoms with E-state index in [2.05, 4.69) is 40.1 Å². The highest BCUT2D eigenvalue weighted by Crippen LogP contribution is 2.33. The van der Waals surface area contributed by atoms with E-state index in [1.165, 1.54) is 12.7 Å². The first-order valence-corrected chi connectivity index (χ1v) is 10.9. The van der Waals surface area contributed by atoms with Gasteiger partial charge in [0.1, 0.15) is 17.0 Å². The molecule has 1 aromatic heterocycles. The van der Waals surface area contributed by atoms with Gasteiger partial charge in [-0.15, -0.1) is 0 Å². The van der Waals surface area contributed by atoms with Crippen molar-refractivity contribution >= 4 is 38.6 Å². The van der Waals surface area contributed by atoms with Gasteiger partial charge in [0.25, 0.3) is 5.91 Å². The van der Waals surface area contributed by atoms with Crippen molar-refractivity contribution in [1.82, 2.24) is 4.98 Å². The minimum absolute atomic E-state index is 0.322. The Kier molecular flexibility index (Phi) is 6.19. The fraction of sp³-hybridized carbons (Fsp3) is 0.200. The van der Waals surface area contributed by atoms with Crippen molar-refractivity contribution in [3.8, 4) is 23.0 Å². The number of amides is 1. The number of oxazole rings is 1. The van der Waals surface area contributed by atoms with Gasteiger partial charge in [-0.2, -0.15) is 0 Å². The van der Waals surface area contributed by atoms with Crippen molar-refractivity contribution in [3.05, 3.63) is 70.2 Å². The summed E-state index contributed by atoms with van der Waals surface area (Å²) < 4.78 is 17.5. The maximum Gasteiger partial charge on any atom is 0.259 e. The molecule has 3 aromatic carbocycles. The zero-order valence-corrected chi connectivity index (χ0v) is 19.8. The number of halogens is 1. The summed E-state index contributed by atoms with van der Waals surface area (Å²) >= 11 is 3.40. The molecule has 164 valence electrons. The topological polar surface area (TPSA) is 73.6 Å². The third-order valence-corrected chi connectivity index (χ3v) is 5.67. The van der Waals surface area contributed by atoms with Crippen LogP contribution in [0.3, 0.4) is 0 Å². The maximum absolute atomic E-state index is 13.0. The summed E-state index contributed by atoms with van der Waals surface area (Å²) in [5, 5.41) is 2.91. The fourth-order valence-corrected chi connectivity index (χ4v) is 3.77. The van der Waals surface area contributed by atoms with Crippen molar-refractivity contribution in [1.29, 1.82) is 0 Å². The molecule has 4 rings (SSSR count). The zero-order valence-electron chi connectivity index (χ0n) is 18.2. The van der Waals surface area contributed by atoms with E-state index >= 15 is 0 Å². The van der Waals surface area contributed by atoms with Crippen molar-refractivity contribution < 1.29 is 18.7 Å². The molecule has 0 saturated heterocycles. The Morgan fingerprint density at radius 3 is 2.47 bits per heavy atom. The highest BCUT2D eigenvalue weighted by Gasteiger charge is 2.17. The van der Waals surface area contributed by atoms with Gasteiger partial charge in [-0.25, -0.2) is 4.98 Å². The predicted molar refractivity (Wildman–Crippen MR) is 129 cm³/mol. The molecule has 0 saturated carbocycles. The highest BCUT2D eigenvalue weighted by atomic mass is 79.9. The first kappa shape index (κ1) is 21.9. The van der Waals surface area contributed by atoms with E-state index in [0.29, 0.717) is 40.1 Å². The number of nitrogens with one attached hydrogen (secondary N) is 1. The molecule has 0 radical (unpaired) electrons. The molecule has 6 nitrogen and oxygen atoms in total. The number of rotatable bonds is 6. The Hall–Kier alpha value is -3.32. The molecule has 32 heavy (non-hydrogen) atoms. The van der Waals surface area contributed by atoms with Gasteiger partial charge in [0.05, 0.1) is 25.5 Å². The lowest BCUT2D eigenvalue weighted by Crippen LogP contribution is -2.14. The molecule has 1 N–H and O–H groups in total. The molecule has 4 aromatic rings. The summed E-state index contributed by atoms with van der Waals surface area (Å²) in [6.07, 6.45) is 0. The first-order chi connectivity index (χ1) is 15.4. The standard InChI is InChI=1S/C25H23BrN2O4/c1-14(2)15-5-9-23-20(11-15)28-25(32-23)16-6-8-22(31-4)19(12-16)27-24(29)18-13-17(26)7-10-21(18)30-3/h5-14H,1-4H3,(H,27,29). The number of anilines is 1. The number of benzene rings is 3. The zero-order chi connectivity index (χ0) is 22.8. The van der Waals surface area contributed by atoms with Crippen LogP contribution in [0.4, 0.5) is 5.69 Å². The molecule has 0 aliphatic carbocycles. The van der Waals surface area contributed by atoms with E-state index in [0.717, 1.165) is 15.6 Å². The molecule has 0 bridgehead atoms. The van der Waals surface area contributed by atoms with Crippen molar-refractivity contribution in [3.63, 3.8) is 0 Å². The van der Waals surface area contributed by atoms with E-state index in [4.69, 9.17) is 13.9 Å². The molecule has 0 fully saturated rings. The molecule has 1 heterocycles.